The summed E-state index contributed by atoms with van der Waals surface area (Å²) in [5.74, 6) is -0.128. The highest BCUT2D eigenvalue weighted by molar-refractivity contribution is 7.92. The van der Waals surface area contributed by atoms with Crippen molar-refractivity contribution < 1.29 is 13.2 Å². The average molecular weight is 319 g/mol. The fraction of sp³-hybridized carbons (Fsp3) is 0.154. The number of amides is 1. The molecule has 1 aromatic carbocycles. The van der Waals surface area contributed by atoms with E-state index < -0.39 is 15.9 Å². The highest BCUT2D eigenvalue weighted by atomic mass is 32.2. The van der Waals surface area contributed by atoms with Gasteiger partial charge in [-0.15, -0.1) is 0 Å². The second kappa shape index (κ2) is 5.87. The fourth-order valence-electron chi connectivity index (χ4n) is 1.75. The van der Waals surface area contributed by atoms with E-state index in [1.54, 1.807) is 7.05 Å². The molecular formula is C13H13N5O3S. The molecule has 1 heterocycles. The van der Waals surface area contributed by atoms with Crippen molar-refractivity contribution in [2.45, 2.75) is 0 Å². The number of hydrogen-bond donors (Lipinski definition) is 2. The van der Waals surface area contributed by atoms with Crippen molar-refractivity contribution in [1.29, 1.82) is 5.26 Å². The third kappa shape index (κ3) is 3.62. The van der Waals surface area contributed by atoms with Gasteiger partial charge in [0, 0.05) is 18.3 Å². The number of carbonyl (C=O) groups excluding carboxylic acids is 1. The SMILES string of the molecule is Cn1ncc(C#N)c1NC(=O)c1ccc(NS(C)(=O)=O)cc1. The highest BCUT2D eigenvalue weighted by Crippen LogP contribution is 2.16. The molecule has 0 unspecified atom stereocenters. The van der Waals surface area contributed by atoms with E-state index in [1.165, 1.54) is 35.1 Å². The van der Waals surface area contributed by atoms with Gasteiger partial charge in [-0.3, -0.25) is 14.2 Å². The number of rotatable bonds is 4. The molecule has 0 aliphatic heterocycles. The third-order valence-electron chi connectivity index (χ3n) is 2.74. The van der Waals surface area contributed by atoms with Crippen LogP contribution in [0.4, 0.5) is 11.5 Å². The number of nitrogens with one attached hydrogen (secondary N) is 2. The predicted octanol–water partition coefficient (Wildman–Crippen LogP) is 0.916. The van der Waals surface area contributed by atoms with Crippen LogP contribution in [0, 0.1) is 11.3 Å². The Morgan fingerprint density at radius 3 is 2.50 bits per heavy atom. The molecule has 0 spiro atoms. The van der Waals surface area contributed by atoms with Crippen LogP contribution in [0.3, 0.4) is 0 Å². The van der Waals surface area contributed by atoms with Crippen molar-refractivity contribution >= 4 is 27.4 Å². The van der Waals surface area contributed by atoms with Crippen LogP contribution in [-0.4, -0.2) is 30.4 Å². The van der Waals surface area contributed by atoms with Crippen molar-refractivity contribution in [3.05, 3.63) is 41.6 Å². The van der Waals surface area contributed by atoms with Gasteiger partial charge < -0.3 is 5.32 Å². The number of aryl methyl sites for hydroxylation is 1. The third-order valence-corrected chi connectivity index (χ3v) is 3.35. The first-order chi connectivity index (χ1) is 10.3. The van der Waals surface area contributed by atoms with Crippen LogP contribution in [0.2, 0.25) is 0 Å². The lowest BCUT2D eigenvalue weighted by Crippen LogP contribution is -2.15. The van der Waals surface area contributed by atoms with E-state index in [4.69, 9.17) is 5.26 Å². The summed E-state index contributed by atoms with van der Waals surface area (Å²) in [6.45, 7) is 0. The number of nitriles is 1. The van der Waals surface area contributed by atoms with Gasteiger partial charge in [-0.2, -0.15) is 10.4 Å². The molecule has 1 aromatic heterocycles. The molecule has 9 heteroatoms. The van der Waals surface area contributed by atoms with Crippen LogP contribution < -0.4 is 10.0 Å². The Labute approximate surface area is 127 Å². The Bertz CT molecular complexity index is 847. The van der Waals surface area contributed by atoms with Gasteiger partial charge in [0.25, 0.3) is 5.91 Å². The van der Waals surface area contributed by atoms with E-state index >= 15 is 0 Å². The summed E-state index contributed by atoms with van der Waals surface area (Å²) in [5.41, 5.74) is 0.938. The van der Waals surface area contributed by atoms with Gasteiger partial charge in [-0.1, -0.05) is 0 Å². The van der Waals surface area contributed by atoms with Gasteiger partial charge in [0.2, 0.25) is 10.0 Å². The maximum Gasteiger partial charge on any atom is 0.256 e. The molecule has 2 rings (SSSR count). The van der Waals surface area contributed by atoms with Gasteiger partial charge in [-0.05, 0) is 24.3 Å². The molecule has 0 bridgehead atoms. The van der Waals surface area contributed by atoms with Crippen LogP contribution in [0.15, 0.2) is 30.5 Å². The van der Waals surface area contributed by atoms with Crippen molar-refractivity contribution in [3.63, 3.8) is 0 Å². The molecule has 22 heavy (non-hydrogen) atoms. The minimum absolute atomic E-state index is 0.256. The van der Waals surface area contributed by atoms with E-state index in [0.717, 1.165) is 6.26 Å². The number of carbonyl (C=O) groups is 1. The van der Waals surface area contributed by atoms with E-state index in [9.17, 15) is 13.2 Å². The summed E-state index contributed by atoms with van der Waals surface area (Å²) in [7, 11) is -1.76. The molecule has 0 aliphatic carbocycles. The molecule has 0 aliphatic rings. The molecule has 0 atom stereocenters. The van der Waals surface area contributed by atoms with Crippen molar-refractivity contribution in [1.82, 2.24) is 9.78 Å². The Balaban J connectivity index is 2.17. The molecule has 0 fully saturated rings. The van der Waals surface area contributed by atoms with E-state index in [0.29, 0.717) is 17.1 Å². The molecule has 114 valence electrons. The maximum absolute atomic E-state index is 12.1. The highest BCUT2D eigenvalue weighted by Gasteiger charge is 2.13. The normalized spacial score (nSPS) is 10.8. The van der Waals surface area contributed by atoms with Gasteiger partial charge in [0.05, 0.1) is 12.5 Å². The zero-order valence-electron chi connectivity index (χ0n) is 11.9. The first-order valence-electron chi connectivity index (χ1n) is 6.11. The molecule has 2 aromatic rings. The lowest BCUT2D eigenvalue weighted by molar-refractivity contribution is 0.102. The second-order valence-corrected chi connectivity index (χ2v) is 6.30. The van der Waals surface area contributed by atoms with Crippen molar-refractivity contribution in [3.8, 4) is 6.07 Å². The first-order valence-corrected chi connectivity index (χ1v) is 8.00. The van der Waals surface area contributed by atoms with Gasteiger partial charge in [-0.25, -0.2) is 8.42 Å². The number of aromatic nitrogens is 2. The largest absolute Gasteiger partial charge is 0.306 e. The molecule has 1 amide bonds. The fourth-order valence-corrected chi connectivity index (χ4v) is 2.32. The standard InChI is InChI=1S/C13H13N5O3S/c1-18-12(10(7-14)8-15-18)16-13(19)9-3-5-11(6-4-9)17-22(2,20)21/h3-6,8,17H,1-2H3,(H,16,19). The maximum atomic E-state index is 12.1. The lowest BCUT2D eigenvalue weighted by atomic mass is 10.2. The van der Waals surface area contributed by atoms with E-state index in [2.05, 4.69) is 15.1 Å². The summed E-state index contributed by atoms with van der Waals surface area (Å²) in [5, 5.41) is 15.4. The van der Waals surface area contributed by atoms with Crippen LogP contribution in [-0.2, 0) is 17.1 Å². The average Bonchev–Trinajstić information content (AvgIpc) is 2.78. The topological polar surface area (TPSA) is 117 Å². The number of sulfonamides is 1. The molecular weight excluding hydrogens is 306 g/mol. The van der Waals surface area contributed by atoms with Crippen molar-refractivity contribution in [2.75, 3.05) is 16.3 Å². The zero-order valence-corrected chi connectivity index (χ0v) is 12.7. The molecule has 8 nitrogen and oxygen atoms in total. The van der Waals surface area contributed by atoms with Gasteiger partial charge >= 0.3 is 0 Å². The first kappa shape index (κ1) is 15.5. The zero-order chi connectivity index (χ0) is 16.3. The van der Waals surface area contributed by atoms with E-state index in [-0.39, 0.29) is 5.56 Å². The monoisotopic (exact) mass is 319 g/mol. The summed E-state index contributed by atoms with van der Waals surface area (Å²) in [6.07, 6.45) is 2.40. The predicted molar refractivity (Wildman–Crippen MR) is 80.8 cm³/mol. The Kier molecular flexibility index (Phi) is 4.14. The second-order valence-electron chi connectivity index (χ2n) is 4.55. The van der Waals surface area contributed by atoms with Crippen LogP contribution in [0.25, 0.3) is 0 Å². The van der Waals surface area contributed by atoms with Crippen LogP contribution in [0.1, 0.15) is 15.9 Å². The Hall–Kier alpha value is -2.86. The number of benzene rings is 1. The quantitative estimate of drug-likeness (QED) is 0.869. The molecule has 0 saturated heterocycles. The van der Waals surface area contributed by atoms with Gasteiger partial charge in [0.15, 0.2) is 0 Å². The number of nitrogens with zero attached hydrogens (tertiary/aromatic N) is 3. The van der Waals surface area contributed by atoms with Crippen molar-refractivity contribution in [2.24, 2.45) is 7.05 Å². The minimum Gasteiger partial charge on any atom is -0.306 e. The summed E-state index contributed by atoms with van der Waals surface area (Å²) < 4.78 is 25.9. The number of anilines is 2. The smallest absolute Gasteiger partial charge is 0.256 e. The van der Waals surface area contributed by atoms with E-state index in [1.807, 2.05) is 6.07 Å². The molecule has 2 N–H and O–H groups in total. The van der Waals surface area contributed by atoms with Crippen LogP contribution >= 0.6 is 0 Å². The number of hydrogen-bond acceptors (Lipinski definition) is 5. The summed E-state index contributed by atoms with van der Waals surface area (Å²) >= 11 is 0. The van der Waals surface area contributed by atoms with Gasteiger partial charge in [0.1, 0.15) is 17.5 Å². The summed E-state index contributed by atoms with van der Waals surface area (Å²) in [6, 6.07) is 7.84. The minimum atomic E-state index is -3.36. The van der Waals surface area contributed by atoms with Crippen LogP contribution in [0.5, 0.6) is 0 Å². The Morgan fingerprint density at radius 2 is 1.95 bits per heavy atom. The molecule has 0 radical (unpaired) electrons. The molecule has 0 saturated carbocycles. The summed E-state index contributed by atoms with van der Waals surface area (Å²) in [4.78, 5) is 12.1. The lowest BCUT2D eigenvalue weighted by Gasteiger charge is -2.07. The Morgan fingerprint density at radius 1 is 1.32 bits per heavy atom.